The van der Waals surface area contributed by atoms with Crippen molar-refractivity contribution in [3.8, 4) is 0 Å². The van der Waals surface area contributed by atoms with Gasteiger partial charge in [-0.2, -0.15) is 0 Å². The number of carbonyl (C=O) groups excluding carboxylic acids is 1. The highest BCUT2D eigenvalue weighted by Gasteiger charge is 2.21. The van der Waals surface area contributed by atoms with Gasteiger partial charge >= 0.3 is 0 Å². The van der Waals surface area contributed by atoms with Crippen LogP contribution in [0, 0.1) is 0 Å². The lowest BCUT2D eigenvalue weighted by atomic mass is 10.1. The van der Waals surface area contributed by atoms with Crippen LogP contribution in [0.3, 0.4) is 0 Å². The molecule has 1 aliphatic rings. The fraction of sp³-hybridized carbons (Fsp3) is 0.600. The van der Waals surface area contributed by atoms with E-state index in [4.69, 9.17) is 9.47 Å². The average Bonchev–Trinajstić information content (AvgIpc) is 2.72. The Hall–Kier alpha value is -1.39. The first-order valence-electron chi connectivity index (χ1n) is 9.64. The van der Waals surface area contributed by atoms with Crippen LogP contribution in [-0.2, 0) is 9.47 Å². The average molecular weight is 504 g/mol. The van der Waals surface area contributed by atoms with E-state index < -0.39 is 0 Å². The number of guanidine groups is 1. The maximum atomic E-state index is 12.0. The number of hydrogen-bond acceptors (Lipinski definition) is 4. The van der Waals surface area contributed by atoms with Crippen LogP contribution in [0.1, 0.15) is 29.6 Å². The van der Waals surface area contributed by atoms with E-state index in [0.717, 1.165) is 51.5 Å². The number of piperidine rings is 1. The van der Waals surface area contributed by atoms with Crippen molar-refractivity contribution in [3.05, 3.63) is 35.9 Å². The molecule has 1 aromatic rings. The molecular formula is C20H33IN4O3. The molecule has 158 valence electrons. The molecule has 28 heavy (non-hydrogen) atoms. The summed E-state index contributed by atoms with van der Waals surface area (Å²) >= 11 is 0. The number of nitrogens with zero attached hydrogens (tertiary/aromatic N) is 2. The molecule has 2 N–H and O–H groups in total. The summed E-state index contributed by atoms with van der Waals surface area (Å²) in [6, 6.07) is 9.24. The minimum atomic E-state index is -0.0566. The summed E-state index contributed by atoms with van der Waals surface area (Å²) in [5.74, 6) is 0.820. The van der Waals surface area contributed by atoms with Gasteiger partial charge in [0.25, 0.3) is 5.91 Å². The lowest BCUT2D eigenvalue weighted by molar-refractivity contribution is 0.00991. The second-order valence-corrected chi connectivity index (χ2v) is 6.50. The third-order valence-electron chi connectivity index (χ3n) is 4.53. The zero-order valence-electron chi connectivity index (χ0n) is 16.9. The van der Waals surface area contributed by atoms with Crippen molar-refractivity contribution in [1.82, 2.24) is 15.5 Å². The molecule has 1 saturated heterocycles. The van der Waals surface area contributed by atoms with Gasteiger partial charge in [0, 0.05) is 59.1 Å². The molecular weight excluding hydrogens is 471 g/mol. The Kier molecular flexibility index (Phi) is 12.8. The molecule has 0 unspecified atom stereocenters. The first kappa shape index (κ1) is 24.6. The summed E-state index contributed by atoms with van der Waals surface area (Å²) in [4.78, 5) is 18.6. The number of amides is 1. The van der Waals surface area contributed by atoms with E-state index in [-0.39, 0.29) is 29.9 Å². The summed E-state index contributed by atoms with van der Waals surface area (Å²) < 4.78 is 10.9. The third kappa shape index (κ3) is 8.74. The zero-order chi connectivity index (χ0) is 19.3. The number of carbonyl (C=O) groups is 1. The molecule has 0 radical (unpaired) electrons. The van der Waals surface area contributed by atoms with E-state index in [9.17, 15) is 4.79 Å². The number of methoxy groups -OCH3 is 1. The molecule has 8 heteroatoms. The standard InChI is InChI=1S/C20H32N4O3.HI/c1-21-20(23-12-11-22-19(25)17-7-4-3-5-8-17)24-13-9-18(10-14-24)27-16-6-15-26-2;/h3-5,7-8,18H,6,9-16H2,1-2H3,(H,21,23)(H,22,25);1H. The van der Waals surface area contributed by atoms with Crippen molar-refractivity contribution in [2.24, 2.45) is 4.99 Å². The fourth-order valence-electron chi connectivity index (χ4n) is 3.06. The van der Waals surface area contributed by atoms with Crippen LogP contribution in [0.5, 0.6) is 0 Å². The molecule has 0 saturated carbocycles. The highest BCUT2D eigenvalue weighted by Crippen LogP contribution is 2.14. The van der Waals surface area contributed by atoms with E-state index in [1.165, 1.54) is 0 Å². The summed E-state index contributed by atoms with van der Waals surface area (Å²) in [5, 5.41) is 6.24. The molecule has 0 atom stereocenters. The van der Waals surface area contributed by atoms with E-state index in [1.807, 2.05) is 30.3 Å². The maximum Gasteiger partial charge on any atom is 0.251 e. The van der Waals surface area contributed by atoms with Gasteiger partial charge in [0.2, 0.25) is 0 Å². The minimum absolute atomic E-state index is 0. The van der Waals surface area contributed by atoms with Crippen LogP contribution < -0.4 is 10.6 Å². The Morgan fingerprint density at radius 1 is 1.14 bits per heavy atom. The Morgan fingerprint density at radius 2 is 1.82 bits per heavy atom. The van der Waals surface area contributed by atoms with Gasteiger partial charge in [0.15, 0.2) is 5.96 Å². The lowest BCUT2D eigenvalue weighted by Crippen LogP contribution is -2.48. The maximum absolute atomic E-state index is 12.0. The Bertz CT molecular complexity index is 578. The number of rotatable bonds is 9. The minimum Gasteiger partial charge on any atom is -0.385 e. The molecule has 1 fully saturated rings. The largest absolute Gasteiger partial charge is 0.385 e. The summed E-state index contributed by atoms with van der Waals surface area (Å²) in [6.45, 7) is 4.53. The number of aliphatic imine (C=N–C) groups is 1. The molecule has 0 aliphatic carbocycles. The Balaban J connectivity index is 0.00000392. The van der Waals surface area contributed by atoms with Gasteiger partial charge in [-0.25, -0.2) is 0 Å². The van der Waals surface area contributed by atoms with Crippen molar-refractivity contribution in [1.29, 1.82) is 0 Å². The van der Waals surface area contributed by atoms with E-state index in [1.54, 1.807) is 14.2 Å². The highest BCUT2D eigenvalue weighted by molar-refractivity contribution is 14.0. The van der Waals surface area contributed by atoms with Crippen molar-refractivity contribution in [3.63, 3.8) is 0 Å². The summed E-state index contributed by atoms with van der Waals surface area (Å²) in [6.07, 6.45) is 3.26. The van der Waals surface area contributed by atoms with Gasteiger partial charge < -0.3 is 25.0 Å². The molecule has 2 rings (SSSR count). The molecule has 0 bridgehead atoms. The quantitative estimate of drug-likeness (QED) is 0.233. The smallest absolute Gasteiger partial charge is 0.251 e. The van der Waals surface area contributed by atoms with Crippen LogP contribution in [0.25, 0.3) is 0 Å². The SMILES string of the molecule is CN=C(NCCNC(=O)c1ccccc1)N1CCC(OCCCOC)CC1.I. The fourth-order valence-corrected chi connectivity index (χ4v) is 3.06. The molecule has 1 aliphatic heterocycles. The highest BCUT2D eigenvalue weighted by atomic mass is 127. The molecule has 1 amide bonds. The zero-order valence-corrected chi connectivity index (χ0v) is 19.2. The monoisotopic (exact) mass is 504 g/mol. The number of halogens is 1. The first-order valence-corrected chi connectivity index (χ1v) is 9.64. The summed E-state index contributed by atoms with van der Waals surface area (Å²) in [7, 11) is 3.50. The van der Waals surface area contributed by atoms with Crippen molar-refractivity contribution in [2.45, 2.75) is 25.4 Å². The van der Waals surface area contributed by atoms with Gasteiger partial charge in [-0.1, -0.05) is 18.2 Å². The van der Waals surface area contributed by atoms with Crippen molar-refractivity contribution in [2.75, 3.05) is 53.6 Å². The Morgan fingerprint density at radius 3 is 2.46 bits per heavy atom. The molecule has 0 aromatic heterocycles. The summed E-state index contributed by atoms with van der Waals surface area (Å²) in [5.41, 5.74) is 0.675. The number of likely N-dealkylation sites (tertiary alicyclic amines) is 1. The van der Waals surface area contributed by atoms with Crippen LogP contribution in [-0.4, -0.2) is 76.4 Å². The van der Waals surface area contributed by atoms with E-state index in [0.29, 0.717) is 24.8 Å². The normalized spacial score (nSPS) is 15.1. The van der Waals surface area contributed by atoms with Gasteiger partial charge in [0.05, 0.1) is 6.10 Å². The molecule has 7 nitrogen and oxygen atoms in total. The van der Waals surface area contributed by atoms with E-state index in [2.05, 4.69) is 20.5 Å². The topological polar surface area (TPSA) is 75.2 Å². The van der Waals surface area contributed by atoms with Crippen LogP contribution in [0.15, 0.2) is 35.3 Å². The second kappa shape index (κ2) is 14.6. The van der Waals surface area contributed by atoms with Crippen LogP contribution in [0.4, 0.5) is 0 Å². The van der Waals surface area contributed by atoms with Crippen molar-refractivity contribution >= 4 is 35.8 Å². The van der Waals surface area contributed by atoms with E-state index >= 15 is 0 Å². The number of benzene rings is 1. The number of hydrogen-bond donors (Lipinski definition) is 2. The lowest BCUT2D eigenvalue weighted by Gasteiger charge is -2.34. The second-order valence-electron chi connectivity index (χ2n) is 6.50. The molecule has 0 spiro atoms. The molecule has 1 aromatic carbocycles. The predicted octanol–water partition coefficient (Wildman–Crippen LogP) is 2.13. The van der Waals surface area contributed by atoms with Gasteiger partial charge in [-0.3, -0.25) is 9.79 Å². The van der Waals surface area contributed by atoms with Gasteiger partial charge in [-0.15, -0.1) is 24.0 Å². The predicted molar refractivity (Wildman–Crippen MR) is 123 cm³/mol. The van der Waals surface area contributed by atoms with Gasteiger partial charge in [0.1, 0.15) is 0 Å². The number of nitrogens with one attached hydrogen (secondary N) is 2. The van der Waals surface area contributed by atoms with Gasteiger partial charge in [-0.05, 0) is 31.4 Å². The van der Waals surface area contributed by atoms with Crippen molar-refractivity contribution < 1.29 is 14.3 Å². The molecule has 1 heterocycles. The third-order valence-corrected chi connectivity index (χ3v) is 4.53. The number of ether oxygens (including phenoxy) is 2. The van der Waals surface area contributed by atoms with Crippen LogP contribution in [0.2, 0.25) is 0 Å². The van der Waals surface area contributed by atoms with Crippen LogP contribution >= 0.6 is 24.0 Å². The first-order chi connectivity index (χ1) is 13.2. The Labute approximate surface area is 185 Å².